The van der Waals surface area contributed by atoms with Crippen molar-refractivity contribution in [2.45, 2.75) is 90.3 Å². The van der Waals surface area contributed by atoms with Crippen molar-refractivity contribution in [2.75, 3.05) is 42.6 Å². The van der Waals surface area contributed by atoms with Crippen LogP contribution >= 0.6 is 0 Å². The molecule has 3 aliphatic rings. The maximum Gasteiger partial charge on any atom is 0.264 e. The first-order chi connectivity index (χ1) is 21.9. The van der Waals surface area contributed by atoms with Crippen LogP contribution in [-0.4, -0.2) is 83.9 Å². The molecule has 0 unspecified atom stereocenters. The van der Waals surface area contributed by atoms with Crippen LogP contribution in [0.25, 0.3) is 0 Å². The molecule has 1 aromatic heterocycles. The maximum absolute atomic E-state index is 14.8. The Kier molecular flexibility index (Phi) is 10.3. The second kappa shape index (κ2) is 13.9. The van der Waals surface area contributed by atoms with Crippen LogP contribution in [0.2, 0.25) is 18.6 Å². The first-order valence-electron chi connectivity index (χ1n) is 16.5. The highest BCUT2D eigenvalue weighted by Gasteiger charge is 2.66. The third-order valence-electron chi connectivity index (χ3n) is 9.68. The van der Waals surface area contributed by atoms with Crippen molar-refractivity contribution in [3.8, 4) is 0 Å². The van der Waals surface area contributed by atoms with Gasteiger partial charge in [0.05, 0.1) is 24.0 Å². The van der Waals surface area contributed by atoms with E-state index in [9.17, 15) is 19.5 Å². The Balaban J connectivity index is 1.52. The molecule has 2 amide bonds. The van der Waals surface area contributed by atoms with Gasteiger partial charge in [-0.25, -0.2) is 0 Å². The van der Waals surface area contributed by atoms with Gasteiger partial charge >= 0.3 is 0 Å². The van der Waals surface area contributed by atoms with Gasteiger partial charge < -0.3 is 29.8 Å². The van der Waals surface area contributed by atoms with Crippen LogP contribution in [0.5, 0.6) is 0 Å². The summed E-state index contributed by atoms with van der Waals surface area (Å²) in [6, 6.07) is 5.86. The minimum absolute atomic E-state index is 0.000554. The van der Waals surface area contributed by atoms with Gasteiger partial charge in [-0.15, -0.1) is 5.10 Å². The van der Waals surface area contributed by atoms with E-state index >= 15 is 0 Å². The Morgan fingerprint density at radius 1 is 1.22 bits per heavy atom. The lowest BCUT2D eigenvalue weighted by Gasteiger charge is -2.33. The number of nitrogens with zero attached hydrogens (tertiary/aromatic N) is 5. The molecule has 11 nitrogen and oxygen atoms in total. The molecule has 2 fully saturated rings. The summed E-state index contributed by atoms with van der Waals surface area (Å²) in [5.74, 6) is -0.438. The quantitative estimate of drug-likeness (QED) is 0.234. The number of amides is 2. The van der Waals surface area contributed by atoms with E-state index in [1.165, 1.54) is 11.1 Å². The number of benzene rings is 1. The molecule has 4 atom stereocenters. The number of carbonyl (C=O) groups is 2. The molecular formula is C34H50N6O5Si. The summed E-state index contributed by atoms with van der Waals surface area (Å²) < 4.78 is 8.75. The minimum Gasteiger partial charge on any atom is -0.432 e. The van der Waals surface area contributed by atoms with Crippen LogP contribution in [0.15, 0.2) is 47.7 Å². The zero-order valence-electron chi connectivity index (χ0n) is 28.1. The summed E-state index contributed by atoms with van der Waals surface area (Å²) in [5.41, 5.74) is 4.00. The lowest BCUT2D eigenvalue weighted by molar-refractivity contribution is -0.145. The van der Waals surface area contributed by atoms with E-state index < -0.39 is 20.0 Å². The number of carbonyl (C=O) groups excluding carboxylic acids is 2. The average Bonchev–Trinajstić information content (AvgIpc) is 3.64. The number of anilines is 2. The molecule has 4 heterocycles. The number of aliphatic hydroxyl groups is 1. The van der Waals surface area contributed by atoms with E-state index in [2.05, 4.69) is 48.6 Å². The highest BCUT2D eigenvalue weighted by atomic mass is 28.4. The summed E-state index contributed by atoms with van der Waals surface area (Å²) in [4.78, 5) is 42.9. The average molecular weight is 651 g/mol. The van der Waals surface area contributed by atoms with Crippen molar-refractivity contribution in [3.05, 3.63) is 59.0 Å². The summed E-state index contributed by atoms with van der Waals surface area (Å²) in [6.45, 7) is 14.6. The van der Waals surface area contributed by atoms with Gasteiger partial charge in [-0.3, -0.25) is 14.3 Å². The van der Waals surface area contributed by atoms with Crippen LogP contribution in [0.4, 0.5) is 11.4 Å². The largest absolute Gasteiger partial charge is 0.432 e. The number of fused-ring (bicyclic) bond motifs is 2. The van der Waals surface area contributed by atoms with Gasteiger partial charge in [0.15, 0.2) is 13.9 Å². The molecule has 1 aromatic carbocycles. The zero-order valence-corrected chi connectivity index (χ0v) is 29.1. The number of aromatic nitrogens is 3. The Labute approximate surface area is 273 Å². The van der Waals surface area contributed by atoms with E-state index in [0.29, 0.717) is 44.7 Å². The van der Waals surface area contributed by atoms with Crippen LogP contribution in [0.1, 0.15) is 58.2 Å². The molecule has 46 heavy (non-hydrogen) atoms. The number of hydrogen-bond acceptors (Lipinski definition) is 8. The zero-order chi connectivity index (χ0) is 33.2. The second-order valence-electron chi connectivity index (χ2n) is 13.8. The molecule has 3 aliphatic heterocycles. The van der Waals surface area contributed by atoms with Gasteiger partial charge in [0.25, 0.3) is 5.91 Å². The molecule has 5 rings (SSSR count). The van der Waals surface area contributed by atoms with Crippen LogP contribution in [0, 0.1) is 5.92 Å². The van der Waals surface area contributed by atoms with Gasteiger partial charge in [0.2, 0.25) is 5.91 Å². The van der Waals surface area contributed by atoms with Crippen molar-refractivity contribution < 1.29 is 24.2 Å². The van der Waals surface area contributed by atoms with Crippen molar-refractivity contribution in [1.29, 1.82) is 0 Å². The van der Waals surface area contributed by atoms with Gasteiger partial charge in [-0.1, -0.05) is 35.4 Å². The van der Waals surface area contributed by atoms with Crippen LogP contribution < -0.4 is 15.1 Å². The molecule has 0 radical (unpaired) electrons. The molecule has 250 valence electrons. The third kappa shape index (κ3) is 6.77. The number of rotatable bonds is 12. The monoisotopic (exact) mass is 650 g/mol. The number of nitrogens with one attached hydrogen (secondary N) is 1. The molecule has 0 aliphatic carbocycles. The highest BCUT2D eigenvalue weighted by molar-refractivity contribution is 6.71. The summed E-state index contributed by atoms with van der Waals surface area (Å²) in [5, 5.41) is 20.8. The fraction of sp³-hybridized carbons (Fsp3) is 0.588. The second-order valence-corrected chi connectivity index (χ2v) is 17.8. The molecule has 2 aromatic rings. The summed E-state index contributed by atoms with van der Waals surface area (Å²) in [7, 11) is -2.84. The molecule has 0 saturated carbocycles. The van der Waals surface area contributed by atoms with Gasteiger partial charge in [-0.05, 0) is 71.3 Å². The van der Waals surface area contributed by atoms with Gasteiger partial charge in [0, 0.05) is 68.1 Å². The van der Waals surface area contributed by atoms with Crippen LogP contribution in [-0.2, 0) is 32.9 Å². The predicted molar refractivity (Wildman–Crippen MR) is 181 cm³/mol. The highest BCUT2D eigenvalue weighted by Crippen LogP contribution is 2.60. The topological polar surface area (TPSA) is 133 Å². The van der Waals surface area contributed by atoms with Crippen molar-refractivity contribution >= 4 is 31.5 Å². The molecule has 0 bridgehead atoms. The standard InChI is InChI=1S/C34H50N6O5Si/c1-23(2)8-7-9-24(3)12-17-40-29-11-10-27(39-18-15-35-21-31(39)42)20-28(29)34(33(40)43)25(4)32(46(5,6)44)30(45-34)13-16-38-22-26(14-19-41)36-37-38/h8,10-12,20,22,25,30,32,35,41,44H,7,9,13-19,21H2,1-6H3/b24-12+/t25-,30+,32-,34+/m0/s1. The fourth-order valence-electron chi connectivity index (χ4n) is 7.44. The first kappa shape index (κ1) is 34.2. The molecule has 3 N–H and O–H groups in total. The van der Waals surface area contributed by atoms with Crippen molar-refractivity contribution in [3.63, 3.8) is 0 Å². The van der Waals surface area contributed by atoms with Gasteiger partial charge in [-0.2, -0.15) is 0 Å². The SMILES string of the molecule is CC(C)=CCC/C(C)=C/CN1C(=O)[C@]2(O[C@H](CCn3cc(CCO)nn3)[C@@H]([Si](C)(C)O)[C@@H]2C)c2cc(N3CCNCC3=O)ccc21. The smallest absolute Gasteiger partial charge is 0.264 e. The Bertz CT molecular complexity index is 1490. The molecule has 12 heteroatoms. The predicted octanol–water partition coefficient (Wildman–Crippen LogP) is 3.68. The normalized spacial score (nSPS) is 25.1. The Hall–Kier alpha value is -3.16. The Morgan fingerprint density at radius 2 is 2.00 bits per heavy atom. The van der Waals surface area contributed by atoms with E-state index in [0.717, 1.165) is 29.8 Å². The molecule has 2 saturated heterocycles. The van der Waals surface area contributed by atoms with E-state index in [1.54, 1.807) is 9.58 Å². The number of piperazine rings is 1. The lowest BCUT2D eigenvalue weighted by Crippen LogP contribution is -2.48. The molecule has 1 spiro atoms. The first-order valence-corrected chi connectivity index (χ1v) is 19.6. The third-order valence-corrected chi connectivity index (χ3v) is 12.2. The van der Waals surface area contributed by atoms with Crippen molar-refractivity contribution in [2.24, 2.45) is 5.92 Å². The van der Waals surface area contributed by atoms with E-state index in [1.807, 2.05) is 49.3 Å². The number of aryl methyl sites for hydroxylation is 1. The maximum atomic E-state index is 14.8. The Morgan fingerprint density at radius 3 is 2.70 bits per heavy atom. The van der Waals surface area contributed by atoms with Crippen LogP contribution in [0.3, 0.4) is 0 Å². The summed E-state index contributed by atoms with van der Waals surface area (Å²) >= 11 is 0. The number of allylic oxidation sites excluding steroid dienone is 3. The van der Waals surface area contributed by atoms with Crippen molar-refractivity contribution in [1.82, 2.24) is 20.3 Å². The number of aliphatic hydroxyl groups excluding tert-OH is 1. The van der Waals surface area contributed by atoms with E-state index in [4.69, 9.17) is 4.74 Å². The van der Waals surface area contributed by atoms with E-state index in [-0.39, 0.29) is 36.4 Å². The van der Waals surface area contributed by atoms with Gasteiger partial charge in [0.1, 0.15) is 0 Å². The number of hydrogen-bond donors (Lipinski definition) is 3. The lowest BCUT2D eigenvalue weighted by atomic mass is 9.82. The fourth-order valence-corrected chi connectivity index (χ4v) is 10.0. The number of ether oxygens (including phenoxy) is 1. The summed E-state index contributed by atoms with van der Waals surface area (Å²) in [6.07, 6.45) is 8.62. The molecular weight excluding hydrogens is 600 g/mol. The minimum atomic E-state index is -2.84.